The summed E-state index contributed by atoms with van der Waals surface area (Å²) < 4.78 is 5.26. The summed E-state index contributed by atoms with van der Waals surface area (Å²) in [5, 5.41) is 10.0. The van der Waals surface area contributed by atoms with Crippen molar-refractivity contribution in [2.24, 2.45) is 0 Å². The summed E-state index contributed by atoms with van der Waals surface area (Å²) in [5.74, 6) is 1.26. The Bertz CT molecular complexity index is 756. The number of nitrogens with zero attached hydrogens (tertiary/aromatic N) is 3. The molecule has 0 aliphatic heterocycles. The van der Waals surface area contributed by atoms with Crippen LogP contribution in [0.2, 0.25) is 0 Å². The van der Waals surface area contributed by atoms with Gasteiger partial charge in [0.2, 0.25) is 0 Å². The summed E-state index contributed by atoms with van der Waals surface area (Å²) in [5.41, 5.74) is 2.07. The largest absolute Gasteiger partial charge is 0.338 e. The molecule has 2 atom stereocenters. The molecule has 0 saturated heterocycles. The Hall–Kier alpha value is -2.41. The first-order valence-corrected chi connectivity index (χ1v) is 10.2. The first-order chi connectivity index (χ1) is 13.5. The molecular weight excluding hydrogens is 354 g/mol. The summed E-state index contributed by atoms with van der Waals surface area (Å²) >= 11 is 0. The van der Waals surface area contributed by atoms with Crippen LogP contribution in [0.15, 0.2) is 28.8 Å². The molecule has 1 aliphatic rings. The normalized spacial score (nSPS) is 19.6. The zero-order valence-corrected chi connectivity index (χ0v) is 17.1. The monoisotopic (exact) mass is 385 g/mol. The smallest absolute Gasteiger partial charge is 0.315 e. The van der Waals surface area contributed by atoms with Gasteiger partial charge in [0.1, 0.15) is 0 Å². The number of carbonyl (C=O) groups excluding carboxylic acids is 1. The van der Waals surface area contributed by atoms with E-state index in [0.29, 0.717) is 24.3 Å². The van der Waals surface area contributed by atoms with Gasteiger partial charge in [-0.15, -0.1) is 0 Å². The maximum atomic E-state index is 12.2. The molecular formula is C21H31N5O2. The van der Waals surface area contributed by atoms with Gasteiger partial charge in [-0.25, -0.2) is 4.79 Å². The number of rotatable bonds is 7. The molecule has 0 radical (unpaired) electrons. The summed E-state index contributed by atoms with van der Waals surface area (Å²) in [6.07, 6.45) is 6.01. The van der Waals surface area contributed by atoms with Crippen LogP contribution >= 0.6 is 0 Å². The van der Waals surface area contributed by atoms with E-state index >= 15 is 0 Å². The minimum Gasteiger partial charge on any atom is -0.338 e. The van der Waals surface area contributed by atoms with Crippen LogP contribution < -0.4 is 10.6 Å². The van der Waals surface area contributed by atoms with Crippen LogP contribution in [0.3, 0.4) is 0 Å². The van der Waals surface area contributed by atoms with Crippen molar-refractivity contribution >= 4 is 6.03 Å². The fraction of sp³-hybridized carbons (Fsp3) is 0.571. The van der Waals surface area contributed by atoms with Crippen molar-refractivity contribution < 1.29 is 9.32 Å². The van der Waals surface area contributed by atoms with Gasteiger partial charge in [0.15, 0.2) is 5.82 Å². The minimum absolute atomic E-state index is 0.0704. The molecule has 1 aromatic carbocycles. The van der Waals surface area contributed by atoms with E-state index in [-0.39, 0.29) is 12.1 Å². The lowest BCUT2D eigenvalue weighted by atomic mass is 9.90. The van der Waals surface area contributed by atoms with E-state index < -0.39 is 0 Å². The quantitative estimate of drug-likeness (QED) is 0.765. The lowest BCUT2D eigenvalue weighted by Gasteiger charge is -2.33. The second-order valence-electron chi connectivity index (χ2n) is 7.70. The molecule has 1 aromatic heterocycles. The van der Waals surface area contributed by atoms with Crippen molar-refractivity contribution in [2.75, 3.05) is 20.6 Å². The zero-order valence-electron chi connectivity index (χ0n) is 17.1. The van der Waals surface area contributed by atoms with Crippen molar-refractivity contribution in [2.45, 2.75) is 57.5 Å². The highest BCUT2D eigenvalue weighted by molar-refractivity contribution is 5.74. The number of carbonyl (C=O) groups is 1. The third kappa shape index (κ3) is 5.55. The van der Waals surface area contributed by atoms with Gasteiger partial charge >= 0.3 is 6.03 Å². The molecule has 2 amide bonds. The molecule has 0 spiro atoms. The lowest BCUT2D eigenvalue weighted by Crippen LogP contribution is -2.47. The number of hydrogen-bond acceptors (Lipinski definition) is 5. The molecule has 1 saturated carbocycles. The summed E-state index contributed by atoms with van der Waals surface area (Å²) in [6.45, 7) is 2.60. The zero-order chi connectivity index (χ0) is 19.9. The molecule has 7 nitrogen and oxygen atoms in total. The second kappa shape index (κ2) is 9.68. The number of aromatic nitrogens is 2. The number of aryl methyl sites for hydroxylation is 1. The van der Waals surface area contributed by atoms with Crippen molar-refractivity contribution in [3.8, 4) is 11.5 Å². The van der Waals surface area contributed by atoms with Crippen molar-refractivity contribution in [1.82, 2.24) is 25.7 Å². The molecule has 2 unspecified atom stereocenters. The fourth-order valence-electron chi connectivity index (χ4n) is 3.65. The van der Waals surface area contributed by atoms with Crippen molar-refractivity contribution in [3.05, 3.63) is 35.7 Å². The van der Waals surface area contributed by atoms with Gasteiger partial charge in [-0.2, -0.15) is 4.98 Å². The Morgan fingerprint density at radius 2 is 2.04 bits per heavy atom. The Labute approximate surface area is 166 Å². The first-order valence-electron chi connectivity index (χ1n) is 10.2. The average molecular weight is 386 g/mol. The van der Waals surface area contributed by atoms with E-state index in [0.717, 1.165) is 36.8 Å². The van der Waals surface area contributed by atoms with Gasteiger partial charge in [0.05, 0.1) is 0 Å². The summed E-state index contributed by atoms with van der Waals surface area (Å²) in [6, 6.07) is 8.78. The second-order valence-corrected chi connectivity index (χ2v) is 7.70. The number of urea groups is 1. The first kappa shape index (κ1) is 20.3. The fourth-order valence-corrected chi connectivity index (χ4v) is 3.65. The Balaban J connectivity index is 1.41. The average Bonchev–Trinajstić information content (AvgIpc) is 3.18. The Kier molecular flexibility index (Phi) is 7.03. The molecule has 1 heterocycles. The molecule has 1 fully saturated rings. The van der Waals surface area contributed by atoms with E-state index in [2.05, 4.69) is 39.8 Å². The Morgan fingerprint density at radius 1 is 1.25 bits per heavy atom. The van der Waals surface area contributed by atoms with Gasteiger partial charge < -0.3 is 20.1 Å². The van der Waals surface area contributed by atoms with Crippen LogP contribution in [0.1, 0.15) is 44.0 Å². The van der Waals surface area contributed by atoms with Crippen molar-refractivity contribution in [3.63, 3.8) is 0 Å². The van der Waals surface area contributed by atoms with Crippen LogP contribution in [0.4, 0.5) is 4.79 Å². The highest BCUT2D eigenvalue weighted by Crippen LogP contribution is 2.21. The maximum absolute atomic E-state index is 12.2. The van der Waals surface area contributed by atoms with E-state index in [1.807, 2.05) is 31.2 Å². The van der Waals surface area contributed by atoms with Gasteiger partial charge in [0, 0.05) is 30.6 Å². The third-order valence-electron chi connectivity index (χ3n) is 5.40. The predicted molar refractivity (Wildman–Crippen MR) is 109 cm³/mol. The molecule has 0 bridgehead atoms. The van der Waals surface area contributed by atoms with E-state index in [9.17, 15) is 4.79 Å². The highest BCUT2D eigenvalue weighted by Gasteiger charge is 2.24. The highest BCUT2D eigenvalue weighted by atomic mass is 16.5. The molecule has 2 N–H and O–H groups in total. The summed E-state index contributed by atoms with van der Waals surface area (Å²) in [4.78, 5) is 18.8. The van der Waals surface area contributed by atoms with E-state index in [1.54, 1.807) is 0 Å². The van der Waals surface area contributed by atoms with E-state index in [4.69, 9.17) is 4.52 Å². The standard InChI is InChI=1S/C21H31N5O2/c1-4-19-24-20(28-25-19)16-10-8-15(9-11-16)12-13-22-21(27)23-17-6-5-7-18(14-17)26(2)3/h8-11,17-18H,4-7,12-14H2,1-3H3,(H2,22,23,27). The number of nitrogens with one attached hydrogen (secondary N) is 2. The van der Waals surface area contributed by atoms with Gasteiger partial charge in [0.25, 0.3) is 5.89 Å². The van der Waals surface area contributed by atoms with Crippen molar-refractivity contribution in [1.29, 1.82) is 0 Å². The van der Waals surface area contributed by atoms with Crippen LogP contribution in [0.5, 0.6) is 0 Å². The van der Waals surface area contributed by atoms with Gasteiger partial charge in [-0.1, -0.05) is 24.2 Å². The predicted octanol–water partition coefficient (Wildman–Crippen LogP) is 3.01. The van der Waals surface area contributed by atoms with Crippen LogP contribution in [-0.4, -0.2) is 53.8 Å². The molecule has 152 valence electrons. The summed E-state index contributed by atoms with van der Waals surface area (Å²) in [7, 11) is 4.22. The third-order valence-corrected chi connectivity index (χ3v) is 5.40. The molecule has 3 rings (SSSR count). The van der Waals surface area contributed by atoms with E-state index in [1.165, 1.54) is 12.8 Å². The Morgan fingerprint density at radius 3 is 2.71 bits per heavy atom. The SMILES string of the molecule is CCc1noc(-c2ccc(CCNC(=O)NC3CCCC(N(C)C)C3)cc2)n1. The lowest BCUT2D eigenvalue weighted by molar-refractivity contribution is 0.193. The maximum Gasteiger partial charge on any atom is 0.315 e. The minimum atomic E-state index is -0.0704. The number of hydrogen-bond donors (Lipinski definition) is 2. The molecule has 2 aromatic rings. The molecule has 7 heteroatoms. The topological polar surface area (TPSA) is 83.3 Å². The van der Waals surface area contributed by atoms with Gasteiger partial charge in [-0.05, 0) is 63.9 Å². The number of amides is 2. The van der Waals surface area contributed by atoms with Crippen LogP contribution in [0, 0.1) is 0 Å². The van der Waals surface area contributed by atoms with Crippen LogP contribution in [0.25, 0.3) is 11.5 Å². The number of benzene rings is 1. The van der Waals surface area contributed by atoms with Gasteiger partial charge in [-0.3, -0.25) is 0 Å². The molecule has 28 heavy (non-hydrogen) atoms. The van der Waals surface area contributed by atoms with Crippen LogP contribution in [-0.2, 0) is 12.8 Å². The molecule has 1 aliphatic carbocycles.